The minimum Gasteiger partial charge on any atom is -0.348 e. The maximum absolute atomic E-state index is 13.4. The predicted octanol–water partition coefficient (Wildman–Crippen LogP) is 3.95. The molecule has 4 rings (SSSR count). The van der Waals surface area contributed by atoms with Gasteiger partial charge in [0.05, 0.1) is 15.9 Å². The number of nitro groups is 1. The van der Waals surface area contributed by atoms with Gasteiger partial charge < -0.3 is 4.57 Å². The number of nitro benzene ring substituents is 1. The van der Waals surface area contributed by atoms with E-state index < -0.39 is 21.0 Å². The molecule has 0 spiro atoms. The van der Waals surface area contributed by atoms with E-state index in [9.17, 15) is 18.5 Å². The number of benzene rings is 2. The van der Waals surface area contributed by atoms with Crippen molar-refractivity contribution in [3.8, 4) is 0 Å². The van der Waals surface area contributed by atoms with Crippen LogP contribution in [0.1, 0.15) is 17.3 Å². The molecule has 3 aromatic rings. The van der Waals surface area contributed by atoms with Crippen LogP contribution in [0.2, 0.25) is 0 Å². The van der Waals surface area contributed by atoms with E-state index in [1.165, 1.54) is 28.6 Å². The zero-order valence-electron chi connectivity index (χ0n) is 14.6. The van der Waals surface area contributed by atoms with Gasteiger partial charge in [0.2, 0.25) is 10.0 Å². The van der Waals surface area contributed by atoms with Crippen LogP contribution in [0, 0.1) is 10.1 Å². The first-order valence-electron chi connectivity index (χ1n) is 8.55. The van der Waals surface area contributed by atoms with Crippen molar-refractivity contribution in [2.45, 2.75) is 17.5 Å². The van der Waals surface area contributed by atoms with Crippen LogP contribution in [0.15, 0.2) is 76.2 Å². The maximum Gasteiger partial charge on any atom is 0.269 e. The van der Waals surface area contributed by atoms with E-state index in [2.05, 4.69) is 20.5 Å². The summed E-state index contributed by atoms with van der Waals surface area (Å²) < 4.78 is 31.2. The summed E-state index contributed by atoms with van der Waals surface area (Å²) in [5.74, 6) is 0. The fourth-order valence-electron chi connectivity index (χ4n) is 3.48. The molecule has 1 aromatic heterocycles. The molecule has 28 heavy (non-hydrogen) atoms. The monoisotopic (exact) mass is 461 g/mol. The molecule has 0 saturated carbocycles. The smallest absolute Gasteiger partial charge is 0.269 e. The van der Waals surface area contributed by atoms with Gasteiger partial charge in [-0.15, -0.1) is 0 Å². The average molecular weight is 462 g/mol. The molecule has 0 amide bonds. The maximum atomic E-state index is 13.4. The summed E-state index contributed by atoms with van der Waals surface area (Å²) in [6, 6.07) is 15.9. The minimum atomic E-state index is -3.85. The number of hydrogen-bond donors (Lipinski definition) is 0. The van der Waals surface area contributed by atoms with Gasteiger partial charge >= 0.3 is 0 Å². The molecule has 2 aromatic carbocycles. The van der Waals surface area contributed by atoms with Crippen LogP contribution in [0.5, 0.6) is 0 Å². The molecule has 1 aliphatic heterocycles. The molecule has 144 valence electrons. The van der Waals surface area contributed by atoms with Gasteiger partial charge in [0, 0.05) is 41.6 Å². The highest BCUT2D eigenvalue weighted by Gasteiger charge is 2.37. The van der Waals surface area contributed by atoms with Gasteiger partial charge in [-0.2, -0.15) is 4.31 Å². The van der Waals surface area contributed by atoms with Crippen molar-refractivity contribution < 1.29 is 13.3 Å². The van der Waals surface area contributed by atoms with Crippen LogP contribution in [0.4, 0.5) is 5.69 Å². The lowest BCUT2D eigenvalue weighted by Crippen LogP contribution is -2.42. The Morgan fingerprint density at radius 2 is 1.68 bits per heavy atom. The first-order chi connectivity index (χ1) is 13.4. The largest absolute Gasteiger partial charge is 0.348 e. The van der Waals surface area contributed by atoms with Gasteiger partial charge in [-0.25, -0.2) is 8.42 Å². The number of fused-ring (bicyclic) bond motifs is 1. The Balaban J connectivity index is 1.80. The number of hydrogen-bond acceptors (Lipinski definition) is 4. The second-order valence-corrected chi connectivity index (χ2v) is 9.25. The Hall–Kier alpha value is -2.49. The Morgan fingerprint density at radius 3 is 2.32 bits per heavy atom. The van der Waals surface area contributed by atoms with Crippen LogP contribution in [-0.2, 0) is 16.6 Å². The SMILES string of the molecule is O=[N+]([O-])c1ccc(S(=O)(=O)N2CCn3cccc3C2c2ccc(Br)cc2)cc1. The highest BCUT2D eigenvalue weighted by atomic mass is 79.9. The fourth-order valence-corrected chi connectivity index (χ4v) is 5.32. The summed E-state index contributed by atoms with van der Waals surface area (Å²) in [4.78, 5) is 10.4. The molecule has 0 fully saturated rings. The van der Waals surface area contributed by atoms with Crippen molar-refractivity contribution >= 4 is 31.6 Å². The molecule has 1 atom stereocenters. The summed E-state index contributed by atoms with van der Waals surface area (Å²) in [7, 11) is -3.85. The second kappa shape index (κ2) is 7.16. The van der Waals surface area contributed by atoms with Crippen LogP contribution in [0.3, 0.4) is 0 Å². The highest BCUT2D eigenvalue weighted by Crippen LogP contribution is 2.37. The lowest BCUT2D eigenvalue weighted by Gasteiger charge is -2.36. The van der Waals surface area contributed by atoms with Crippen LogP contribution < -0.4 is 0 Å². The summed E-state index contributed by atoms with van der Waals surface area (Å²) in [5.41, 5.74) is 1.60. The van der Waals surface area contributed by atoms with Gasteiger partial charge in [0.25, 0.3) is 5.69 Å². The Bertz CT molecular complexity index is 1120. The molecule has 1 aliphatic rings. The molecule has 2 heterocycles. The van der Waals surface area contributed by atoms with E-state index in [-0.39, 0.29) is 10.6 Å². The third-order valence-corrected chi connectivity index (χ3v) is 7.24. The average Bonchev–Trinajstić information content (AvgIpc) is 3.17. The van der Waals surface area contributed by atoms with E-state index in [1.54, 1.807) is 0 Å². The molecule has 0 saturated heterocycles. The molecule has 7 nitrogen and oxygen atoms in total. The lowest BCUT2D eigenvalue weighted by atomic mass is 10.0. The van der Waals surface area contributed by atoms with Crippen molar-refractivity contribution in [2.75, 3.05) is 6.54 Å². The van der Waals surface area contributed by atoms with Gasteiger partial charge in [0.1, 0.15) is 0 Å². The summed E-state index contributed by atoms with van der Waals surface area (Å²) in [6.07, 6.45) is 1.94. The fraction of sp³-hybridized carbons (Fsp3) is 0.158. The molecular formula is C19H16BrN3O4S. The molecule has 0 N–H and O–H groups in total. The van der Waals surface area contributed by atoms with E-state index in [0.29, 0.717) is 13.1 Å². The number of sulfonamides is 1. The van der Waals surface area contributed by atoms with Crippen molar-refractivity contribution in [1.82, 2.24) is 8.87 Å². The van der Waals surface area contributed by atoms with Gasteiger partial charge in [-0.05, 0) is 42.0 Å². The topological polar surface area (TPSA) is 85.4 Å². The molecule has 9 heteroatoms. The summed E-state index contributed by atoms with van der Waals surface area (Å²) in [6.45, 7) is 0.851. The Labute approximate surface area is 170 Å². The van der Waals surface area contributed by atoms with E-state index in [4.69, 9.17) is 0 Å². The van der Waals surface area contributed by atoms with Crippen molar-refractivity contribution in [3.05, 3.63) is 92.7 Å². The lowest BCUT2D eigenvalue weighted by molar-refractivity contribution is -0.384. The molecule has 0 bridgehead atoms. The van der Waals surface area contributed by atoms with Crippen molar-refractivity contribution in [1.29, 1.82) is 0 Å². The zero-order chi connectivity index (χ0) is 19.9. The van der Waals surface area contributed by atoms with Crippen molar-refractivity contribution in [2.24, 2.45) is 0 Å². The number of non-ortho nitro benzene ring substituents is 1. The quantitative estimate of drug-likeness (QED) is 0.434. The van der Waals surface area contributed by atoms with Crippen LogP contribution in [-0.4, -0.2) is 28.8 Å². The number of nitrogens with zero attached hydrogens (tertiary/aromatic N) is 3. The van der Waals surface area contributed by atoms with Crippen LogP contribution in [0.25, 0.3) is 0 Å². The minimum absolute atomic E-state index is 0.0419. The first-order valence-corrected chi connectivity index (χ1v) is 10.8. The normalized spacial score (nSPS) is 17.2. The van der Waals surface area contributed by atoms with Gasteiger partial charge in [-0.1, -0.05) is 28.1 Å². The molecule has 0 aliphatic carbocycles. The molecule has 1 unspecified atom stereocenters. The van der Waals surface area contributed by atoms with Gasteiger partial charge in [-0.3, -0.25) is 10.1 Å². The predicted molar refractivity (Wildman–Crippen MR) is 107 cm³/mol. The van der Waals surface area contributed by atoms with E-state index in [1.807, 2.05) is 42.6 Å². The third-order valence-electron chi connectivity index (χ3n) is 4.83. The standard InChI is InChI=1S/C19H16BrN3O4S/c20-15-5-3-14(4-6-15)19-18-2-1-11-21(18)12-13-22(19)28(26,27)17-9-7-16(8-10-17)23(24)25/h1-11,19H,12-13H2. The van der Waals surface area contributed by atoms with Crippen LogP contribution >= 0.6 is 15.9 Å². The third kappa shape index (κ3) is 3.25. The number of aromatic nitrogens is 1. The summed E-state index contributed by atoms with van der Waals surface area (Å²) >= 11 is 3.41. The van der Waals surface area contributed by atoms with E-state index >= 15 is 0 Å². The second-order valence-electron chi connectivity index (χ2n) is 6.45. The Kier molecular flexibility index (Phi) is 4.82. The first kappa shape index (κ1) is 18.9. The number of rotatable bonds is 4. The van der Waals surface area contributed by atoms with E-state index in [0.717, 1.165) is 15.7 Å². The van der Waals surface area contributed by atoms with Gasteiger partial charge in [0.15, 0.2) is 0 Å². The number of halogens is 1. The highest BCUT2D eigenvalue weighted by molar-refractivity contribution is 9.10. The van der Waals surface area contributed by atoms with Crippen molar-refractivity contribution in [3.63, 3.8) is 0 Å². The zero-order valence-corrected chi connectivity index (χ0v) is 17.0. The summed E-state index contributed by atoms with van der Waals surface area (Å²) in [5, 5.41) is 10.9. The molecular weight excluding hydrogens is 446 g/mol. The Morgan fingerprint density at radius 1 is 1.00 bits per heavy atom. The molecule has 0 radical (unpaired) electrons.